The smallest absolute Gasteiger partial charge is 0.326 e. The molecule has 2 aromatic rings. The monoisotopic (exact) mass is 236 g/mol. The standard InChI is InChI=1S/C10H12N4OS/c1-14-9(15)12-13-10(14)16-8-5-3-2-4-7(8)6-11/h2-5H,6,11H2,1H3,(H,12,15). The maximum atomic E-state index is 11.2. The molecular formula is C10H12N4OS. The van der Waals surface area contributed by atoms with Gasteiger partial charge in [-0.25, -0.2) is 9.89 Å². The molecule has 0 aliphatic carbocycles. The van der Waals surface area contributed by atoms with Crippen LogP contribution in [0.4, 0.5) is 0 Å². The average Bonchev–Trinajstić information content (AvgIpc) is 2.62. The fraction of sp³-hybridized carbons (Fsp3) is 0.200. The lowest BCUT2D eigenvalue weighted by Gasteiger charge is -2.05. The Morgan fingerprint density at radius 3 is 2.88 bits per heavy atom. The highest BCUT2D eigenvalue weighted by Gasteiger charge is 2.08. The zero-order valence-electron chi connectivity index (χ0n) is 8.80. The van der Waals surface area contributed by atoms with Crippen molar-refractivity contribution in [3.63, 3.8) is 0 Å². The number of hydrogen-bond acceptors (Lipinski definition) is 4. The van der Waals surface area contributed by atoms with Crippen molar-refractivity contribution in [2.24, 2.45) is 12.8 Å². The van der Waals surface area contributed by atoms with Gasteiger partial charge in [0.1, 0.15) is 0 Å². The molecule has 3 N–H and O–H groups in total. The van der Waals surface area contributed by atoms with Crippen molar-refractivity contribution in [2.75, 3.05) is 0 Å². The number of benzene rings is 1. The van der Waals surface area contributed by atoms with Gasteiger partial charge in [0, 0.05) is 18.5 Å². The topological polar surface area (TPSA) is 76.7 Å². The number of nitrogens with one attached hydrogen (secondary N) is 1. The number of aromatic amines is 1. The van der Waals surface area contributed by atoms with Crippen LogP contribution in [0.3, 0.4) is 0 Å². The van der Waals surface area contributed by atoms with Crippen LogP contribution in [-0.2, 0) is 13.6 Å². The quantitative estimate of drug-likeness (QED) is 0.823. The van der Waals surface area contributed by atoms with Crippen LogP contribution in [0.25, 0.3) is 0 Å². The second-order valence-electron chi connectivity index (χ2n) is 3.28. The SMILES string of the molecule is Cn1c(Sc2ccccc2CN)n[nH]c1=O. The molecule has 0 saturated carbocycles. The van der Waals surface area contributed by atoms with Crippen LogP contribution in [0.15, 0.2) is 39.1 Å². The Morgan fingerprint density at radius 2 is 2.25 bits per heavy atom. The minimum absolute atomic E-state index is 0.215. The minimum atomic E-state index is -0.215. The summed E-state index contributed by atoms with van der Waals surface area (Å²) < 4.78 is 1.47. The first kappa shape index (κ1) is 11.0. The van der Waals surface area contributed by atoms with E-state index in [9.17, 15) is 4.79 Å². The molecule has 1 heterocycles. The Balaban J connectivity index is 2.34. The second kappa shape index (κ2) is 4.54. The van der Waals surface area contributed by atoms with Crippen LogP contribution in [-0.4, -0.2) is 14.8 Å². The first-order valence-electron chi connectivity index (χ1n) is 4.79. The lowest BCUT2D eigenvalue weighted by Crippen LogP contribution is -2.12. The Hall–Kier alpha value is -1.53. The first-order chi connectivity index (χ1) is 7.72. The molecule has 0 aliphatic rings. The minimum Gasteiger partial charge on any atom is -0.326 e. The van der Waals surface area contributed by atoms with Gasteiger partial charge >= 0.3 is 5.69 Å². The number of aromatic nitrogens is 3. The highest BCUT2D eigenvalue weighted by molar-refractivity contribution is 7.99. The van der Waals surface area contributed by atoms with E-state index in [1.807, 2.05) is 24.3 Å². The van der Waals surface area contributed by atoms with Gasteiger partial charge in [0.05, 0.1) is 0 Å². The van der Waals surface area contributed by atoms with Crippen LogP contribution >= 0.6 is 11.8 Å². The molecule has 0 amide bonds. The summed E-state index contributed by atoms with van der Waals surface area (Å²) in [6, 6.07) is 7.81. The van der Waals surface area contributed by atoms with Gasteiger partial charge in [0.15, 0.2) is 5.16 Å². The number of nitrogens with zero attached hydrogens (tertiary/aromatic N) is 2. The van der Waals surface area contributed by atoms with Gasteiger partial charge < -0.3 is 5.73 Å². The molecule has 1 aromatic carbocycles. The van der Waals surface area contributed by atoms with Gasteiger partial charge in [0.2, 0.25) is 0 Å². The predicted octanol–water partition coefficient (Wildman–Crippen LogP) is 0.718. The summed E-state index contributed by atoms with van der Waals surface area (Å²) in [4.78, 5) is 12.2. The Bertz CT molecular complexity index is 546. The molecule has 0 fully saturated rings. The van der Waals surface area contributed by atoms with Crippen molar-refractivity contribution >= 4 is 11.8 Å². The van der Waals surface area contributed by atoms with Gasteiger partial charge in [-0.3, -0.25) is 4.57 Å². The lowest BCUT2D eigenvalue weighted by atomic mass is 10.2. The maximum absolute atomic E-state index is 11.2. The largest absolute Gasteiger partial charge is 0.343 e. The van der Waals surface area contributed by atoms with Gasteiger partial charge in [-0.05, 0) is 23.4 Å². The van der Waals surface area contributed by atoms with Crippen molar-refractivity contribution in [3.05, 3.63) is 40.3 Å². The molecule has 6 heteroatoms. The Labute approximate surface area is 96.7 Å². The van der Waals surface area contributed by atoms with Crippen LogP contribution in [0.1, 0.15) is 5.56 Å². The third-order valence-electron chi connectivity index (χ3n) is 2.23. The predicted molar refractivity (Wildman–Crippen MR) is 62.3 cm³/mol. The normalized spacial score (nSPS) is 10.6. The van der Waals surface area contributed by atoms with Crippen molar-refractivity contribution in [2.45, 2.75) is 16.6 Å². The fourth-order valence-corrected chi connectivity index (χ4v) is 2.23. The third-order valence-corrected chi connectivity index (χ3v) is 3.40. The molecule has 2 rings (SSSR count). The molecule has 0 atom stereocenters. The molecular weight excluding hydrogens is 224 g/mol. The molecule has 16 heavy (non-hydrogen) atoms. The van der Waals surface area contributed by atoms with Gasteiger partial charge in [-0.1, -0.05) is 18.2 Å². The lowest BCUT2D eigenvalue weighted by molar-refractivity contribution is 0.765. The summed E-state index contributed by atoms with van der Waals surface area (Å²) in [5.74, 6) is 0. The first-order valence-corrected chi connectivity index (χ1v) is 5.61. The molecule has 0 saturated heterocycles. The van der Waals surface area contributed by atoms with Crippen LogP contribution in [0, 0.1) is 0 Å². The van der Waals surface area contributed by atoms with Crippen molar-refractivity contribution < 1.29 is 0 Å². The molecule has 84 valence electrons. The summed E-state index contributed by atoms with van der Waals surface area (Å²) in [6.07, 6.45) is 0. The van der Waals surface area contributed by atoms with Crippen LogP contribution in [0.5, 0.6) is 0 Å². The zero-order valence-corrected chi connectivity index (χ0v) is 9.62. The Morgan fingerprint density at radius 1 is 1.50 bits per heavy atom. The molecule has 0 spiro atoms. The highest BCUT2D eigenvalue weighted by Crippen LogP contribution is 2.27. The summed E-state index contributed by atoms with van der Waals surface area (Å²) >= 11 is 1.43. The maximum Gasteiger partial charge on any atom is 0.343 e. The van der Waals surface area contributed by atoms with E-state index in [1.165, 1.54) is 16.3 Å². The molecule has 0 bridgehead atoms. The van der Waals surface area contributed by atoms with E-state index in [0.29, 0.717) is 11.7 Å². The van der Waals surface area contributed by atoms with Crippen molar-refractivity contribution in [1.29, 1.82) is 0 Å². The van der Waals surface area contributed by atoms with E-state index in [2.05, 4.69) is 10.2 Å². The van der Waals surface area contributed by atoms with E-state index >= 15 is 0 Å². The summed E-state index contributed by atoms with van der Waals surface area (Å²) in [7, 11) is 1.68. The van der Waals surface area contributed by atoms with Crippen molar-refractivity contribution in [3.8, 4) is 0 Å². The highest BCUT2D eigenvalue weighted by atomic mass is 32.2. The van der Waals surface area contributed by atoms with E-state index in [4.69, 9.17) is 5.73 Å². The number of hydrogen-bond donors (Lipinski definition) is 2. The molecule has 0 aliphatic heterocycles. The molecule has 1 aromatic heterocycles. The number of H-pyrrole nitrogens is 1. The van der Waals surface area contributed by atoms with Crippen LogP contribution in [0.2, 0.25) is 0 Å². The third kappa shape index (κ3) is 2.02. The second-order valence-corrected chi connectivity index (χ2v) is 4.29. The van der Waals surface area contributed by atoms with Crippen molar-refractivity contribution in [1.82, 2.24) is 14.8 Å². The molecule has 0 radical (unpaired) electrons. The summed E-state index contributed by atoms with van der Waals surface area (Å²) in [5, 5.41) is 6.96. The number of rotatable bonds is 3. The van der Waals surface area contributed by atoms with E-state index in [1.54, 1.807) is 7.05 Å². The number of nitrogens with two attached hydrogens (primary N) is 1. The zero-order chi connectivity index (χ0) is 11.5. The van der Waals surface area contributed by atoms with E-state index in [-0.39, 0.29) is 5.69 Å². The molecule has 0 unspecified atom stereocenters. The van der Waals surface area contributed by atoms with Gasteiger partial charge in [0.25, 0.3) is 0 Å². The molecule has 5 nitrogen and oxygen atoms in total. The fourth-order valence-electron chi connectivity index (χ4n) is 1.29. The summed E-state index contributed by atoms with van der Waals surface area (Å²) in [5.41, 5.74) is 6.47. The van der Waals surface area contributed by atoms with Gasteiger partial charge in [-0.2, -0.15) is 0 Å². The summed E-state index contributed by atoms with van der Waals surface area (Å²) in [6.45, 7) is 0.474. The van der Waals surface area contributed by atoms with Crippen LogP contribution < -0.4 is 11.4 Å². The average molecular weight is 236 g/mol. The van der Waals surface area contributed by atoms with E-state index in [0.717, 1.165) is 10.5 Å². The van der Waals surface area contributed by atoms with Gasteiger partial charge in [-0.15, -0.1) is 5.10 Å². The Kier molecular flexibility index (Phi) is 3.12. The van der Waals surface area contributed by atoms with E-state index < -0.39 is 0 Å².